The third-order valence-electron chi connectivity index (χ3n) is 6.57. The summed E-state index contributed by atoms with van der Waals surface area (Å²) in [5.41, 5.74) is 1.34. The molecule has 4 rings (SSSR count). The van der Waals surface area contributed by atoms with E-state index in [0.29, 0.717) is 45.4 Å². The van der Waals surface area contributed by atoms with Crippen molar-refractivity contribution in [2.75, 3.05) is 44.8 Å². The smallest absolute Gasteiger partial charge is 0.270 e. The molecule has 0 N–H and O–H groups in total. The van der Waals surface area contributed by atoms with Crippen LogP contribution in [0.4, 0.5) is 0 Å². The van der Waals surface area contributed by atoms with Crippen LogP contribution in [0.1, 0.15) is 31.2 Å². The lowest BCUT2D eigenvalue weighted by Gasteiger charge is -2.36. The number of sulfone groups is 1. The maximum absolute atomic E-state index is 13.0. The molecule has 184 valence electrons. The minimum Gasteiger partial charge on any atom is -0.497 e. The Balaban J connectivity index is 1.29. The summed E-state index contributed by atoms with van der Waals surface area (Å²) < 4.78 is 28.7. The molecule has 0 aliphatic carbocycles. The third kappa shape index (κ3) is 5.57. The average molecular weight is 491 g/mol. The highest BCUT2D eigenvalue weighted by Gasteiger charge is 2.38. The number of ether oxygens (including phenoxy) is 1. The first-order valence-electron chi connectivity index (χ1n) is 11.6. The highest BCUT2D eigenvalue weighted by atomic mass is 32.2. The van der Waals surface area contributed by atoms with Gasteiger partial charge in [-0.2, -0.15) is 5.10 Å². The Morgan fingerprint density at radius 1 is 1.06 bits per heavy atom. The molecule has 10 nitrogen and oxygen atoms in total. The molecular formula is C23H30N4O6S. The first kappa shape index (κ1) is 24.2. The van der Waals surface area contributed by atoms with Crippen molar-refractivity contribution in [2.45, 2.75) is 38.1 Å². The Hall–Kier alpha value is -2.95. The summed E-state index contributed by atoms with van der Waals surface area (Å²) in [6.45, 7) is 1.70. The molecule has 3 aliphatic rings. The van der Waals surface area contributed by atoms with E-state index in [1.807, 2.05) is 24.3 Å². The van der Waals surface area contributed by atoms with E-state index in [9.17, 15) is 22.8 Å². The van der Waals surface area contributed by atoms with Crippen LogP contribution < -0.4 is 4.74 Å². The van der Waals surface area contributed by atoms with Gasteiger partial charge in [0.1, 0.15) is 11.5 Å². The predicted molar refractivity (Wildman–Crippen MR) is 125 cm³/mol. The van der Waals surface area contributed by atoms with Crippen molar-refractivity contribution < 1.29 is 27.5 Å². The van der Waals surface area contributed by atoms with E-state index in [-0.39, 0.29) is 47.8 Å². The van der Waals surface area contributed by atoms with Crippen LogP contribution in [0.5, 0.6) is 5.75 Å². The zero-order valence-electron chi connectivity index (χ0n) is 19.3. The van der Waals surface area contributed by atoms with Gasteiger partial charge in [0.25, 0.3) is 5.91 Å². The Morgan fingerprint density at radius 2 is 1.74 bits per heavy atom. The number of carbonyl (C=O) groups excluding carboxylic acids is 3. The lowest BCUT2D eigenvalue weighted by atomic mass is 10.1. The topological polar surface area (TPSA) is 117 Å². The Kier molecular flexibility index (Phi) is 7.20. The number of amides is 3. The first-order valence-corrected chi connectivity index (χ1v) is 13.4. The molecule has 0 aromatic heterocycles. The number of benzene rings is 1. The van der Waals surface area contributed by atoms with Gasteiger partial charge in [-0.25, -0.2) is 13.4 Å². The molecule has 0 saturated carbocycles. The van der Waals surface area contributed by atoms with E-state index in [1.165, 1.54) is 5.01 Å². The summed E-state index contributed by atoms with van der Waals surface area (Å²) in [6, 6.07) is 7.14. The molecule has 1 unspecified atom stereocenters. The van der Waals surface area contributed by atoms with Gasteiger partial charge in [-0.15, -0.1) is 0 Å². The fourth-order valence-electron chi connectivity index (χ4n) is 4.52. The molecule has 11 heteroatoms. The molecule has 34 heavy (non-hydrogen) atoms. The Morgan fingerprint density at radius 3 is 2.35 bits per heavy atom. The van der Waals surface area contributed by atoms with Gasteiger partial charge < -0.3 is 14.5 Å². The molecule has 1 aromatic rings. The fraction of sp³-hybridized carbons (Fsp3) is 0.565. The van der Waals surface area contributed by atoms with Crippen molar-refractivity contribution >= 4 is 33.3 Å². The summed E-state index contributed by atoms with van der Waals surface area (Å²) in [7, 11) is -1.56. The van der Waals surface area contributed by atoms with Crippen molar-refractivity contribution in [3.63, 3.8) is 0 Å². The minimum atomic E-state index is -3.17. The van der Waals surface area contributed by atoms with Crippen molar-refractivity contribution in [3.8, 4) is 5.75 Å². The normalized spacial score (nSPS) is 22.5. The van der Waals surface area contributed by atoms with Gasteiger partial charge in [0, 0.05) is 45.4 Å². The van der Waals surface area contributed by atoms with Gasteiger partial charge in [0.05, 0.1) is 24.7 Å². The molecule has 3 heterocycles. The summed E-state index contributed by atoms with van der Waals surface area (Å²) in [4.78, 5) is 41.4. The van der Waals surface area contributed by atoms with Gasteiger partial charge >= 0.3 is 0 Å². The standard InChI is InChI=1S/C23H30N4O6S/c1-33-19-5-2-17(3-6-19)4-8-21(28)25-11-13-26(14-12-25)23(30)20-7-9-22(29)27(24-20)18-10-15-34(31,32)16-18/h2-3,5-6,18H,4,7-16H2,1H3. The Labute approximate surface area is 199 Å². The second kappa shape index (κ2) is 10.1. The van der Waals surface area contributed by atoms with E-state index < -0.39 is 15.9 Å². The molecule has 2 fully saturated rings. The summed E-state index contributed by atoms with van der Waals surface area (Å²) in [5, 5.41) is 5.48. The summed E-state index contributed by atoms with van der Waals surface area (Å²) in [6.07, 6.45) is 1.77. The lowest BCUT2D eigenvalue weighted by molar-refractivity contribution is -0.137. The number of aryl methyl sites for hydroxylation is 1. The number of hydrazone groups is 1. The highest BCUT2D eigenvalue weighted by molar-refractivity contribution is 7.91. The van der Waals surface area contributed by atoms with E-state index >= 15 is 0 Å². The van der Waals surface area contributed by atoms with Crippen molar-refractivity contribution in [3.05, 3.63) is 29.8 Å². The molecule has 1 aromatic carbocycles. The fourth-order valence-corrected chi connectivity index (χ4v) is 6.21. The maximum atomic E-state index is 13.0. The van der Waals surface area contributed by atoms with Gasteiger partial charge in [0.2, 0.25) is 11.8 Å². The molecule has 2 saturated heterocycles. The minimum absolute atomic E-state index is 0.0364. The summed E-state index contributed by atoms with van der Waals surface area (Å²) >= 11 is 0. The largest absolute Gasteiger partial charge is 0.497 e. The predicted octanol–water partition coefficient (Wildman–Crippen LogP) is 0.464. The lowest BCUT2D eigenvalue weighted by Crippen LogP contribution is -2.53. The zero-order valence-corrected chi connectivity index (χ0v) is 20.1. The number of rotatable bonds is 6. The van der Waals surface area contributed by atoms with Crippen LogP contribution in [-0.2, 0) is 30.6 Å². The van der Waals surface area contributed by atoms with E-state index in [4.69, 9.17) is 4.74 Å². The van der Waals surface area contributed by atoms with E-state index in [2.05, 4.69) is 5.10 Å². The van der Waals surface area contributed by atoms with Gasteiger partial charge in [-0.05, 0) is 30.5 Å². The second-order valence-electron chi connectivity index (χ2n) is 8.86. The van der Waals surface area contributed by atoms with Crippen LogP contribution in [-0.4, -0.2) is 97.5 Å². The van der Waals surface area contributed by atoms with Crippen LogP contribution >= 0.6 is 0 Å². The molecule has 0 bridgehead atoms. The van der Waals surface area contributed by atoms with Gasteiger partial charge in [-0.3, -0.25) is 14.4 Å². The summed E-state index contributed by atoms with van der Waals surface area (Å²) in [5.74, 6) is 0.265. The maximum Gasteiger partial charge on any atom is 0.270 e. The zero-order chi connectivity index (χ0) is 24.3. The molecule has 3 aliphatic heterocycles. The number of carbonyl (C=O) groups is 3. The average Bonchev–Trinajstić information content (AvgIpc) is 3.22. The number of piperazine rings is 1. The van der Waals surface area contributed by atoms with Crippen LogP contribution in [0.15, 0.2) is 29.4 Å². The van der Waals surface area contributed by atoms with E-state index in [1.54, 1.807) is 16.9 Å². The highest BCUT2D eigenvalue weighted by Crippen LogP contribution is 2.23. The van der Waals surface area contributed by atoms with Crippen molar-refractivity contribution in [1.82, 2.24) is 14.8 Å². The Bertz CT molecular complexity index is 1080. The van der Waals surface area contributed by atoms with Crippen molar-refractivity contribution in [1.29, 1.82) is 0 Å². The number of hydrogen-bond acceptors (Lipinski definition) is 7. The van der Waals surface area contributed by atoms with E-state index in [0.717, 1.165) is 11.3 Å². The first-order chi connectivity index (χ1) is 16.3. The monoisotopic (exact) mass is 490 g/mol. The number of methoxy groups -OCH3 is 1. The molecule has 0 spiro atoms. The number of nitrogens with zero attached hydrogens (tertiary/aromatic N) is 4. The second-order valence-corrected chi connectivity index (χ2v) is 11.1. The molecule has 0 radical (unpaired) electrons. The van der Waals surface area contributed by atoms with Crippen LogP contribution in [0.25, 0.3) is 0 Å². The van der Waals surface area contributed by atoms with Crippen molar-refractivity contribution in [2.24, 2.45) is 5.10 Å². The molecule has 3 amide bonds. The number of hydrogen-bond donors (Lipinski definition) is 0. The van der Waals surface area contributed by atoms with Gasteiger partial charge in [0.15, 0.2) is 9.84 Å². The SMILES string of the molecule is COc1ccc(CCC(=O)N2CCN(C(=O)C3=NN(C4CCS(=O)(=O)C4)C(=O)CC3)CC2)cc1. The quantitative estimate of drug-likeness (QED) is 0.572. The molecular weight excluding hydrogens is 460 g/mol. The van der Waals surface area contributed by atoms with Crippen LogP contribution in [0.2, 0.25) is 0 Å². The molecule has 1 atom stereocenters. The van der Waals surface area contributed by atoms with Gasteiger partial charge in [-0.1, -0.05) is 12.1 Å². The van der Waals surface area contributed by atoms with Crippen LogP contribution in [0, 0.1) is 0 Å². The van der Waals surface area contributed by atoms with Crippen LogP contribution in [0.3, 0.4) is 0 Å². The third-order valence-corrected chi connectivity index (χ3v) is 8.32.